The number of hydrogen-bond donors (Lipinski definition) is 0. The molecule has 0 aromatic rings. The summed E-state index contributed by atoms with van der Waals surface area (Å²) in [4.78, 5) is 11.0. The van der Waals surface area contributed by atoms with Crippen LogP contribution < -0.4 is 0 Å². The highest BCUT2D eigenvalue weighted by Crippen LogP contribution is 2.27. The van der Waals surface area contributed by atoms with E-state index in [2.05, 4.69) is 11.3 Å². The van der Waals surface area contributed by atoms with E-state index in [1.165, 1.54) is 57.6 Å². The second-order valence-corrected chi connectivity index (χ2v) is 5.11. The quantitative estimate of drug-likeness (QED) is 0.351. The lowest BCUT2D eigenvalue weighted by Gasteiger charge is -2.21. The van der Waals surface area contributed by atoms with Crippen LogP contribution in [0.3, 0.4) is 0 Å². The zero-order chi connectivity index (χ0) is 12.3. The van der Waals surface area contributed by atoms with Gasteiger partial charge in [-0.1, -0.05) is 64.4 Å². The van der Waals surface area contributed by atoms with Gasteiger partial charge >= 0.3 is 5.97 Å². The van der Waals surface area contributed by atoms with Gasteiger partial charge in [-0.3, -0.25) is 4.79 Å². The monoisotopic (exact) mass is 238 g/mol. The Kier molecular flexibility index (Phi) is 7.78. The van der Waals surface area contributed by atoms with Crippen molar-refractivity contribution in [1.82, 2.24) is 0 Å². The molecule has 0 aromatic heterocycles. The number of carbonyl (C=O) groups excluding carboxylic acids is 1. The Bertz CT molecular complexity index is 217. The van der Waals surface area contributed by atoms with Gasteiger partial charge in [0.15, 0.2) is 0 Å². The summed E-state index contributed by atoms with van der Waals surface area (Å²) in [7, 11) is 0. The van der Waals surface area contributed by atoms with Gasteiger partial charge in [0.1, 0.15) is 0 Å². The maximum Gasteiger partial charge on any atom is 0.310 e. The lowest BCUT2D eigenvalue weighted by atomic mass is 9.85. The summed E-state index contributed by atoms with van der Waals surface area (Å²) in [5.74, 6) is 0.849. The largest absolute Gasteiger partial charge is 0.435 e. The molecule has 0 aliphatic heterocycles. The van der Waals surface area contributed by atoms with Gasteiger partial charge in [-0.05, 0) is 12.3 Å². The summed E-state index contributed by atoms with van der Waals surface area (Å²) >= 11 is 0. The molecular formula is C15H26O2. The molecule has 1 aliphatic carbocycles. The third-order valence-electron chi connectivity index (χ3n) is 3.68. The van der Waals surface area contributed by atoms with Crippen LogP contribution in [0.2, 0.25) is 0 Å². The molecule has 2 heteroatoms. The number of unbranched alkanes of at least 4 members (excludes halogenated alkanes) is 3. The normalized spacial score (nSPS) is 16.7. The van der Waals surface area contributed by atoms with Crippen molar-refractivity contribution in [2.45, 2.75) is 70.6 Å². The van der Waals surface area contributed by atoms with Crippen LogP contribution in [-0.4, -0.2) is 5.97 Å². The van der Waals surface area contributed by atoms with E-state index in [4.69, 9.17) is 0 Å². The number of rotatable bonds is 8. The molecule has 0 N–H and O–H groups in total. The first-order valence-corrected chi connectivity index (χ1v) is 7.13. The van der Waals surface area contributed by atoms with Crippen molar-refractivity contribution >= 4 is 5.97 Å². The topological polar surface area (TPSA) is 26.3 Å². The molecule has 17 heavy (non-hydrogen) atoms. The van der Waals surface area contributed by atoms with Crippen LogP contribution in [0.5, 0.6) is 0 Å². The smallest absolute Gasteiger partial charge is 0.310 e. The Hall–Kier alpha value is -0.790. The first-order valence-electron chi connectivity index (χ1n) is 7.13. The van der Waals surface area contributed by atoms with Crippen LogP contribution in [0.15, 0.2) is 12.8 Å². The molecule has 1 saturated carbocycles. The molecule has 1 rings (SSSR count). The van der Waals surface area contributed by atoms with Gasteiger partial charge in [0.25, 0.3) is 0 Å². The molecule has 0 amide bonds. The van der Waals surface area contributed by atoms with E-state index in [0.717, 1.165) is 18.8 Å². The van der Waals surface area contributed by atoms with E-state index in [1.54, 1.807) is 0 Å². The second kappa shape index (κ2) is 9.26. The molecule has 0 spiro atoms. The zero-order valence-corrected chi connectivity index (χ0v) is 11.0. The van der Waals surface area contributed by atoms with Crippen molar-refractivity contribution in [2.75, 3.05) is 0 Å². The molecule has 1 aliphatic rings. The van der Waals surface area contributed by atoms with Gasteiger partial charge in [-0.2, -0.15) is 0 Å². The third kappa shape index (κ3) is 7.19. The predicted molar refractivity (Wildman–Crippen MR) is 70.6 cm³/mol. The maximum absolute atomic E-state index is 11.0. The van der Waals surface area contributed by atoms with E-state index in [-0.39, 0.29) is 5.97 Å². The average molecular weight is 238 g/mol. The SMILES string of the molecule is C=COC(=O)CCCCCCC1CCCCC1. The number of hydrogen-bond acceptors (Lipinski definition) is 2. The van der Waals surface area contributed by atoms with Crippen LogP contribution in [-0.2, 0) is 9.53 Å². The molecule has 98 valence electrons. The third-order valence-corrected chi connectivity index (χ3v) is 3.68. The fraction of sp³-hybridized carbons (Fsp3) is 0.800. The molecule has 0 unspecified atom stereocenters. The van der Waals surface area contributed by atoms with Crippen LogP contribution in [0.25, 0.3) is 0 Å². The van der Waals surface area contributed by atoms with Crippen molar-refractivity contribution < 1.29 is 9.53 Å². The summed E-state index contributed by atoms with van der Waals surface area (Å²) in [5, 5.41) is 0. The van der Waals surface area contributed by atoms with E-state index < -0.39 is 0 Å². The molecule has 0 bridgehead atoms. The highest BCUT2D eigenvalue weighted by molar-refractivity contribution is 5.69. The predicted octanol–water partition coefficient (Wildman–Crippen LogP) is 4.59. The summed E-state index contributed by atoms with van der Waals surface area (Å²) in [5.41, 5.74) is 0. The highest BCUT2D eigenvalue weighted by atomic mass is 16.5. The van der Waals surface area contributed by atoms with Crippen molar-refractivity contribution in [3.63, 3.8) is 0 Å². The molecule has 0 saturated heterocycles. The lowest BCUT2D eigenvalue weighted by molar-refractivity contribution is -0.138. The minimum atomic E-state index is -0.146. The van der Waals surface area contributed by atoms with Crippen molar-refractivity contribution in [3.8, 4) is 0 Å². The van der Waals surface area contributed by atoms with Crippen LogP contribution in [0.1, 0.15) is 70.6 Å². The van der Waals surface area contributed by atoms with Gasteiger partial charge in [0, 0.05) is 6.42 Å². The summed E-state index contributed by atoms with van der Waals surface area (Å²) in [6.07, 6.45) is 15.1. The van der Waals surface area contributed by atoms with Gasteiger partial charge in [-0.15, -0.1) is 0 Å². The van der Waals surface area contributed by atoms with Gasteiger partial charge < -0.3 is 4.74 Å². The molecule has 0 heterocycles. The Morgan fingerprint density at radius 3 is 2.53 bits per heavy atom. The average Bonchev–Trinajstić information content (AvgIpc) is 2.35. The standard InChI is InChI=1S/C15H26O2/c1-2-17-15(16)13-9-4-3-6-10-14-11-7-5-8-12-14/h2,14H,1,3-13H2. The fourth-order valence-electron chi connectivity index (χ4n) is 2.68. The van der Waals surface area contributed by atoms with E-state index in [1.807, 2.05) is 0 Å². The molecule has 1 fully saturated rings. The van der Waals surface area contributed by atoms with Crippen LogP contribution in [0, 0.1) is 5.92 Å². The number of ether oxygens (including phenoxy) is 1. The fourth-order valence-corrected chi connectivity index (χ4v) is 2.68. The Morgan fingerprint density at radius 2 is 1.82 bits per heavy atom. The molecule has 0 radical (unpaired) electrons. The second-order valence-electron chi connectivity index (χ2n) is 5.11. The Balaban J connectivity index is 1.86. The summed E-state index contributed by atoms with van der Waals surface area (Å²) in [6, 6.07) is 0. The lowest BCUT2D eigenvalue weighted by Crippen LogP contribution is -2.05. The van der Waals surface area contributed by atoms with Crippen molar-refractivity contribution in [3.05, 3.63) is 12.8 Å². The number of esters is 1. The van der Waals surface area contributed by atoms with Gasteiger partial charge in [0.05, 0.1) is 6.26 Å². The first-order chi connectivity index (χ1) is 8.33. The van der Waals surface area contributed by atoms with E-state index in [9.17, 15) is 4.79 Å². The van der Waals surface area contributed by atoms with Crippen LogP contribution in [0.4, 0.5) is 0 Å². The van der Waals surface area contributed by atoms with Gasteiger partial charge in [-0.25, -0.2) is 0 Å². The minimum Gasteiger partial charge on any atom is -0.435 e. The Morgan fingerprint density at radius 1 is 1.12 bits per heavy atom. The van der Waals surface area contributed by atoms with Crippen molar-refractivity contribution in [2.24, 2.45) is 5.92 Å². The molecule has 0 atom stereocenters. The highest BCUT2D eigenvalue weighted by Gasteiger charge is 2.12. The minimum absolute atomic E-state index is 0.146. The molecular weight excluding hydrogens is 212 g/mol. The molecule has 0 aromatic carbocycles. The summed E-state index contributed by atoms with van der Waals surface area (Å²) in [6.45, 7) is 3.37. The van der Waals surface area contributed by atoms with Gasteiger partial charge in [0.2, 0.25) is 0 Å². The maximum atomic E-state index is 11.0. The first kappa shape index (κ1) is 14.3. The Labute approximate surface area is 105 Å². The molecule has 2 nitrogen and oxygen atoms in total. The number of carbonyl (C=O) groups is 1. The summed E-state index contributed by atoms with van der Waals surface area (Å²) < 4.78 is 4.67. The van der Waals surface area contributed by atoms with Crippen LogP contribution >= 0.6 is 0 Å². The van der Waals surface area contributed by atoms with Crippen molar-refractivity contribution in [1.29, 1.82) is 0 Å². The zero-order valence-electron chi connectivity index (χ0n) is 11.0. The van der Waals surface area contributed by atoms with E-state index in [0.29, 0.717) is 6.42 Å². The van der Waals surface area contributed by atoms with E-state index >= 15 is 0 Å².